The molecule has 160 valence electrons. The fourth-order valence-electron chi connectivity index (χ4n) is 2.66. The van der Waals surface area contributed by atoms with Crippen molar-refractivity contribution >= 4 is 36.3 Å². The fraction of sp³-hybridized carbons (Fsp3) is 0.304. The maximum Gasteiger partial charge on any atom is 0.320 e. The van der Waals surface area contributed by atoms with Gasteiger partial charge in [0, 0.05) is 12.2 Å². The summed E-state index contributed by atoms with van der Waals surface area (Å²) in [5, 5.41) is 3.26. The van der Waals surface area contributed by atoms with Crippen LogP contribution in [-0.4, -0.2) is 35.0 Å². The summed E-state index contributed by atoms with van der Waals surface area (Å²) in [6.07, 6.45) is 2.32. The molecule has 5 nitrogen and oxygen atoms in total. The second kappa shape index (κ2) is 12.6. The van der Waals surface area contributed by atoms with E-state index in [0.29, 0.717) is 12.2 Å². The van der Waals surface area contributed by atoms with Gasteiger partial charge in [0.2, 0.25) is 0 Å². The molecular formula is C23H28N2O3S2. The molecule has 0 spiro atoms. The van der Waals surface area contributed by atoms with Crippen molar-refractivity contribution in [3.63, 3.8) is 0 Å². The van der Waals surface area contributed by atoms with E-state index in [4.69, 9.17) is 4.74 Å². The summed E-state index contributed by atoms with van der Waals surface area (Å²) in [5.41, 5.74) is 2.00. The number of benzene rings is 2. The Bertz CT molecular complexity index is 818. The van der Waals surface area contributed by atoms with Gasteiger partial charge in [0.1, 0.15) is 17.3 Å². The Morgan fingerprint density at radius 1 is 1.13 bits per heavy atom. The lowest BCUT2D eigenvalue weighted by Crippen LogP contribution is -2.48. The summed E-state index contributed by atoms with van der Waals surface area (Å²) < 4.78 is 8.54. The van der Waals surface area contributed by atoms with Crippen LogP contribution >= 0.6 is 24.6 Å². The van der Waals surface area contributed by atoms with Crippen molar-refractivity contribution in [3.8, 4) is 0 Å². The van der Waals surface area contributed by atoms with Gasteiger partial charge in [0.25, 0.3) is 0 Å². The number of esters is 1. The average molecular weight is 445 g/mol. The van der Waals surface area contributed by atoms with Crippen molar-refractivity contribution in [2.75, 3.05) is 12.3 Å². The van der Waals surface area contributed by atoms with Crippen molar-refractivity contribution in [1.29, 1.82) is 0 Å². The third-order valence-corrected chi connectivity index (χ3v) is 6.06. The first-order valence-corrected chi connectivity index (χ1v) is 11.1. The van der Waals surface area contributed by atoms with E-state index in [0.717, 1.165) is 11.1 Å². The number of Topliss-reactive ketones (excluding diaryl/α,β-unsaturated/α-hetero) is 1. The molecule has 0 aliphatic rings. The monoisotopic (exact) mass is 444 g/mol. The quantitative estimate of drug-likeness (QED) is 0.144. The van der Waals surface area contributed by atoms with E-state index >= 15 is 0 Å². The Balaban J connectivity index is 2.04. The number of hydrogen-bond acceptors (Lipinski definition) is 7. The molecular weight excluding hydrogens is 416 g/mol. The molecule has 2 rings (SSSR count). The summed E-state index contributed by atoms with van der Waals surface area (Å²) in [5.74, 6) is 0.00788. The number of carbonyl (C=O) groups is 2. The van der Waals surface area contributed by atoms with E-state index in [1.54, 1.807) is 6.08 Å². The SMILES string of the molecule is C=CC(Cc1ccccc1)(NCC(=O)OCc1ccccc1)SN[C@@H](CS)C(C)=O. The molecule has 0 heterocycles. The first-order chi connectivity index (χ1) is 14.5. The maximum absolute atomic E-state index is 12.3. The Morgan fingerprint density at radius 3 is 2.27 bits per heavy atom. The second-order valence-corrected chi connectivity index (χ2v) is 8.36. The minimum atomic E-state index is -0.718. The van der Waals surface area contributed by atoms with E-state index in [2.05, 4.69) is 29.2 Å². The summed E-state index contributed by atoms with van der Waals surface area (Å²) in [6, 6.07) is 19.0. The van der Waals surface area contributed by atoms with E-state index in [9.17, 15) is 9.59 Å². The standard InChI is InChI=1S/C23H28N2O3S2/c1-3-23(14-19-10-6-4-7-11-19,30-25-21(17-29)18(2)26)24-15-22(27)28-16-20-12-8-5-9-13-20/h3-13,21,24-25,29H,1,14-17H2,2H3/t21-,23?/m0/s1. The van der Waals surface area contributed by atoms with Gasteiger partial charge in [-0.3, -0.25) is 19.6 Å². The Labute approximate surface area is 188 Å². The van der Waals surface area contributed by atoms with Gasteiger partial charge < -0.3 is 4.74 Å². The molecule has 2 aromatic carbocycles. The normalized spacial score (nSPS) is 13.8. The maximum atomic E-state index is 12.3. The van der Waals surface area contributed by atoms with E-state index in [-0.39, 0.29) is 24.9 Å². The van der Waals surface area contributed by atoms with Crippen LogP contribution in [0.15, 0.2) is 73.3 Å². The highest BCUT2D eigenvalue weighted by Gasteiger charge is 2.30. The zero-order chi connectivity index (χ0) is 21.8. The Kier molecular flexibility index (Phi) is 10.2. The highest BCUT2D eigenvalue weighted by Crippen LogP contribution is 2.27. The molecule has 0 radical (unpaired) electrons. The number of ether oxygens (including phenoxy) is 1. The molecule has 1 unspecified atom stereocenters. The minimum Gasteiger partial charge on any atom is -0.460 e. The van der Waals surface area contributed by atoms with Crippen LogP contribution in [0.25, 0.3) is 0 Å². The second-order valence-electron chi connectivity index (χ2n) is 6.82. The average Bonchev–Trinajstić information content (AvgIpc) is 2.77. The number of ketones is 1. The molecule has 2 atom stereocenters. The van der Waals surface area contributed by atoms with E-state index in [1.807, 2.05) is 60.7 Å². The minimum absolute atomic E-state index is 0.00237. The number of nitrogens with one attached hydrogen (secondary N) is 2. The van der Waals surface area contributed by atoms with E-state index < -0.39 is 10.9 Å². The van der Waals surface area contributed by atoms with Gasteiger partial charge in [0.05, 0.1) is 12.6 Å². The van der Waals surface area contributed by atoms with Crippen LogP contribution in [0.4, 0.5) is 0 Å². The number of hydrogen-bond donors (Lipinski definition) is 3. The number of rotatable bonds is 13. The predicted molar refractivity (Wildman–Crippen MR) is 126 cm³/mol. The van der Waals surface area contributed by atoms with Crippen LogP contribution in [0.3, 0.4) is 0 Å². The van der Waals surface area contributed by atoms with Gasteiger partial charge in [-0.15, -0.1) is 6.58 Å². The highest BCUT2D eigenvalue weighted by molar-refractivity contribution is 7.99. The zero-order valence-electron chi connectivity index (χ0n) is 17.0. The third-order valence-electron chi connectivity index (χ3n) is 4.47. The van der Waals surface area contributed by atoms with E-state index in [1.165, 1.54) is 18.9 Å². The van der Waals surface area contributed by atoms with Gasteiger partial charge in [-0.05, 0) is 18.1 Å². The van der Waals surface area contributed by atoms with Crippen LogP contribution in [0.1, 0.15) is 18.1 Å². The Morgan fingerprint density at radius 2 is 1.73 bits per heavy atom. The molecule has 0 bridgehead atoms. The summed E-state index contributed by atoms with van der Waals surface area (Å²) >= 11 is 5.57. The van der Waals surface area contributed by atoms with Gasteiger partial charge in [-0.1, -0.05) is 78.7 Å². The van der Waals surface area contributed by atoms with Crippen molar-refractivity contribution in [2.45, 2.75) is 30.9 Å². The molecule has 30 heavy (non-hydrogen) atoms. The van der Waals surface area contributed by atoms with Crippen molar-refractivity contribution in [1.82, 2.24) is 10.0 Å². The molecule has 2 N–H and O–H groups in total. The number of carbonyl (C=O) groups excluding carboxylic acids is 2. The Hall–Kier alpha value is -2.06. The topological polar surface area (TPSA) is 67.4 Å². The fourth-order valence-corrected chi connectivity index (χ4v) is 4.20. The van der Waals surface area contributed by atoms with Gasteiger partial charge >= 0.3 is 5.97 Å². The molecule has 0 aromatic heterocycles. The van der Waals surface area contributed by atoms with Crippen LogP contribution in [0.5, 0.6) is 0 Å². The van der Waals surface area contributed by atoms with Crippen LogP contribution < -0.4 is 10.0 Å². The summed E-state index contributed by atoms with van der Waals surface area (Å²) in [6.45, 7) is 5.72. The smallest absolute Gasteiger partial charge is 0.320 e. The molecule has 0 saturated heterocycles. The molecule has 2 aromatic rings. The predicted octanol–water partition coefficient (Wildman–Crippen LogP) is 3.57. The van der Waals surface area contributed by atoms with Gasteiger partial charge in [-0.2, -0.15) is 12.6 Å². The molecule has 0 aliphatic heterocycles. The van der Waals surface area contributed by atoms with Crippen LogP contribution in [0, 0.1) is 0 Å². The highest BCUT2D eigenvalue weighted by atomic mass is 32.2. The lowest BCUT2D eigenvalue weighted by atomic mass is 10.1. The molecule has 0 amide bonds. The van der Waals surface area contributed by atoms with Gasteiger partial charge in [0.15, 0.2) is 0 Å². The molecule has 0 aliphatic carbocycles. The molecule has 0 saturated carbocycles. The van der Waals surface area contributed by atoms with Crippen LogP contribution in [-0.2, 0) is 27.4 Å². The number of thiol groups is 1. The first-order valence-electron chi connectivity index (χ1n) is 9.65. The summed E-state index contributed by atoms with van der Waals surface area (Å²) in [7, 11) is 0. The lowest BCUT2D eigenvalue weighted by molar-refractivity contribution is -0.144. The lowest BCUT2D eigenvalue weighted by Gasteiger charge is -2.32. The third kappa shape index (κ3) is 7.99. The molecule has 7 heteroatoms. The largest absolute Gasteiger partial charge is 0.460 e. The van der Waals surface area contributed by atoms with Crippen molar-refractivity contribution in [2.24, 2.45) is 0 Å². The van der Waals surface area contributed by atoms with Crippen molar-refractivity contribution in [3.05, 3.63) is 84.4 Å². The first kappa shape index (κ1) is 24.2. The zero-order valence-corrected chi connectivity index (χ0v) is 18.8. The van der Waals surface area contributed by atoms with Gasteiger partial charge in [-0.25, -0.2) is 0 Å². The van der Waals surface area contributed by atoms with Crippen molar-refractivity contribution < 1.29 is 14.3 Å². The summed E-state index contributed by atoms with van der Waals surface area (Å²) in [4.78, 5) is 23.4. The molecule has 0 fully saturated rings. The van der Waals surface area contributed by atoms with Crippen LogP contribution in [0.2, 0.25) is 0 Å².